The number of anilines is 2. The van der Waals surface area contributed by atoms with E-state index in [0.717, 1.165) is 23.8 Å². The summed E-state index contributed by atoms with van der Waals surface area (Å²) < 4.78 is 68.9. The summed E-state index contributed by atoms with van der Waals surface area (Å²) >= 11 is 5.67. The molecule has 158 valence electrons. The Hall–Kier alpha value is -2.62. The molecular formula is C20H18ClFN2O4S2. The van der Waals surface area contributed by atoms with Gasteiger partial charge in [0.15, 0.2) is 0 Å². The minimum absolute atomic E-state index is 0.0718. The van der Waals surface area contributed by atoms with Crippen LogP contribution in [-0.2, 0) is 20.0 Å². The molecule has 0 fully saturated rings. The molecule has 0 saturated heterocycles. The highest BCUT2D eigenvalue weighted by Gasteiger charge is 2.20. The lowest BCUT2D eigenvalue weighted by Crippen LogP contribution is -2.16. The highest BCUT2D eigenvalue weighted by molar-refractivity contribution is 7.93. The second-order valence-electron chi connectivity index (χ2n) is 6.63. The van der Waals surface area contributed by atoms with E-state index in [2.05, 4.69) is 9.44 Å². The lowest BCUT2D eigenvalue weighted by molar-refractivity contribution is 0.597. The first-order valence-electron chi connectivity index (χ1n) is 8.66. The molecule has 10 heteroatoms. The summed E-state index contributed by atoms with van der Waals surface area (Å²) in [6, 6.07) is 13.9. The molecule has 0 unspecified atom stereocenters. The van der Waals surface area contributed by atoms with Gasteiger partial charge in [-0.05, 0) is 67.4 Å². The molecule has 0 spiro atoms. The molecule has 0 bridgehead atoms. The van der Waals surface area contributed by atoms with E-state index in [1.807, 2.05) is 13.0 Å². The Morgan fingerprint density at radius 3 is 2.10 bits per heavy atom. The van der Waals surface area contributed by atoms with Gasteiger partial charge in [-0.1, -0.05) is 29.8 Å². The first-order chi connectivity index (χ1) is 14.0. The van der Waals surface area contributed by atoms with Crippen molar-refractivity contribution in [3.8, 4) is 0 Å². The molecule has 0 amide bonds. The molecular weight excluding hydrogens is 451 g/mol. The van der Waals surface area contributed by atoms with Crippen LogP contribution < -0.4 is 9.44 Å². The van der Waals surface area contributed by atoms with E-state index >= 15 is 0 Å². The largest absolute Gasteiger partial charge is 0.280 e. The maximum Gasteiger partial charge on any atom is 0.261 e. The van der Waals surface area contributed by atoms with Crippen LogP contribution in [0.15, 0.2) is 70.5 Å². The Morgan fingerprint density at radius 1 is 0.800 bits per heavy atom. The molecule has 0 radical (unpaired) electrons. The van der Waals surface area contributed by atoms with Gasteiger partial charge in [0.05, 0.1) is 20.5 Å². The van der Waals surface area contributed by atoms with Crippen LogP contribution in [-0.4, -0.2) is 16.8 Å². The van der Waals surface area contributed by atoms with Gasteiger partial charge < -0.3 is 0 Å². The van der Waals surface area contributed by atoms with Crippen molar-refractivity contribution in [2.45, 2.75) is 23.6 Å². The van der Waals surface area contributed by atoms with Gasteiger partial charge in [-0.2, -0.15) is 0 Å². The summed E-state index contributed by atoms with van der Waals surface area (Å²) in [6.45, 7) is 3.46. The molecule has 0 aliphatic rings. The zero-order valence-electron chi connectivity index (χ0n) is 16.0. The summed E-state index contributed by atoms with van der Waals surface area (Å²) in [6.07, 6.45) is 0. The average molecular weight is 469 g/mol. The van der Waals surface area contributed by atoms with Gasteiger partial charge in [-0.15, -0.1) is 0 Å². The van der Waals surface area contributed by atoms with Crippen molar-refractivity contribution in [1.29, 1.82) is 0 Å². The molecule has 3 rings (SSSR count). The summed E-state index contributed by atoms with van der Waals surface area (Å²) in [5, 5.41) is -0.340. The molecule has 6 nitrogen and oxygen atoms in total. The van der Waals surface area contributed by atoms with Gasteiger partial charge in [0, 0.05) is 5.69 Å². The smallest absolute Gasteiger partial charge is 0.261 e. The summed E-state index contributed by atoms with van der Waals surface area (Å²) in [5.41, 5.74) is 1.84. The van der Waals surface area contributed by atoms with Crippen molar-refractivity contribution in [2.75, 3.05) is 9.44 Å². The van der Waals surface area contributed by atoms with E-state index in [9.17, 15) is 21.2 Å². The second-order valence-corrected chi connectivity index (χ2v) is 10.4. The number of halogens is 2. The monoisotopic (exact) mass is 468 g/mol. The van der Waals surface area contributed by atoms with Gasteiger partial charge in [0.1, 0.15) is 5.82 Å². The van der Waals surface area contributed by atoms with Crippen LogP contribution in [0.25, 0.3) is 0 Å². The quantitative estimate of drug-likeness (QED) is 0.548. The highest BCUT2D eigenvalue weighted by Crippen LogP contribution is 2.26. The summed E-state index contributed by atoms with van der Waals surface area (Å²) in [4.78, 5) is -0.371. The topological polar surface area (TPSA) is 92.3 Å². The molecule has 0 atom stereocenters. The Balaban J connectivity index is 1.94. The van der Waals surface area contributed by atoms with E-state index in [1.165, 1.54) is 18.2 Å². The maximum absolute atomic E-state index is 13.3. The van der Waals surface area contributed by atoms with Crippen molar-refractivity contribution >= 4 is 43.0 Å². The van der Waals surface area contributed by atoms with Crippen molar-refractivity contribution in [1.82, 2.24) is 0 Å². The molecule has 0 saturated carbocycles. The van der Waals surface area contributed by atoms with Crippen molar-refractivity contribution in [2.24, 2.45) is 0 Å². The average Bonchev–Trinajstić information content (AvgIpc) is 2.65. The molecule has 3 aromatic rings. The van der Waals surface area contributed by atoms with Crippen LogP contribution >= 0.6 is 11.6 Å². The third kappa shape index (κ3) is 4.92. The van der Waals surface area contributed by atoms with E-state index in [1.54, 1.807) is 25.1 Å². The minimum atomic E-state index is -4.12. The minimum Gasteiger partial charge on any atom is -0.280 e. The zero-order chi connectivity index (χ0) is 22.1. The van der Waals surface area contributed by atoms with Crippen LogP contribution in [0.4, 0.5) is 15.8 Å². The number of hydrogen-bond donors (Lipinski definition) is 2. The van der Waals surface area contributed by atoms with Crippen LogP contribution in [0.3, 0.4) is 0 Å². The number of nitrogens with one attached hydrogen (secondary N) is 2. The molecule has 0 heterocycles. The van der Waals surface area contributed by atoms with Crippen molar-refractivity contribution < 1.29 is 21.2 Å². The standard InChI is InChI=1S/C20H18ClFN2O4S2/c1-13-4-3-5-15(10-13)23-29(25,26)17-7-6-14(2)20(12-17)24-30(27,28)16-8-9-19(22)18(21)11-16/h3-12,23-24H,1-2H3. The number of hydrogen-bond acceptors (Lipinski definition) is 4. The fourth-order valence-electron chi connectivity index (χ4n) is 2.65. The lowest BCUT2D eigenvalue weighted by atomic mass is 10.2. The molecule has 0 aromatic heterocycles. The zero-order valence-corrected chi connectivity index (χ0v) is 18.4. The van der Waals surface area contributed by atoms with Gasteiger partial charge >= 0.3 is 0 Å². The third-order valence-corrected chi connectivity index (χ3v) is 7.27. The normalized spacial score (nSPS) is 11.9. The SMILES string of the molecule is Cc1cccc(NS(=O)(=O)c2ccc(C)c(NS(=O)(=O)c3ccc(F)c(Cl)c3)c2)c1. The lowest BCUT2D eigenvalue weighted by Gasteiger charge is -2.14. The first kappa shape index (κ1) is 22.1. The van der Waals surface area contributed by atoms with E-state index in [0.29, 0.717) is 11.3 Å². The molecule has 30 heavy (non-hydrogen) atoms. The second kappa shape index (κ2) is 8.25. The maximum atomic E-state index is 13.3. The summed E-state index contributed by atoms with van der Waals surface area (Å²) in [5.74, 6) is -0.748. The number of sulfonamides is 2. The molecule has 0 aliphatic carbocycles. The van der Waals surface area contributed by atoms with Crippen LogP contribution in [0.1, 0.15) is 11.1 Å². The van der Waals surface area contributed by atoms with Gasteiger partial charge in [0.2, 0.25) is 0 Å². The van der Waals surface area contributed by atoms with Crippen LogP contribution in [0.2, 0.25) is 5.02 Å². The Bertz CT molecular complexity index is 1330. The van der Waals surface area contributed by atoms with E-state index in [4.69, 9.17) is 11.6 Å². The number of rotatable bonds is 6. The number of aryl methyl sites for hydroxylation is 2. The first-order valence-corrected chi connectivity index (χ1v) is 12.0. The predicted octanol–water partition coefficient (Wildman–Crippen LogP) is 4.70. The van der Waals surface area contributed by atoms with Gasteiger partial charge in [0.25, 0.3) is 20.0 Å². The Kier molecular flexibility index (Phi) is 6.07. The summed E-state index contributed by atoms with van der Waals surface area (Å²) in [7, 11) is -8.08. The van der Waals surface area contributed by atoms with Crippen LogP contribution in [0.5, 0.6) is 0 Å². The fourth-order valence-corrected chi connectivity index (χ4v) is 5.12. The number of benzene rings is 3. The molecule has 0 aliphatic heterocycles. The molecule has 2 N–H and O–H groups in total. The van der Waals surface area contributed by atoms with Crippen LogP contribution in [0, 0.1) is 19.7 Å². The Morgan fingerprint density at radius 2 is 1.43 bits per heavy atom. The van der Waals surface area contributed by atoms with Crippen molar-refractivity contribution in [3.63, 3.8) is 0 Å². The fraction of sp³-hybridized carbons (Fsp3) is 0.100. The van der Waals surface area contributed by atoms with E-state index < -0.39 is 25.9 Å². The van der Waals surface area contributed by atoms with Gasteiger partial charge in [-0.25, -0.2) is 21.2 Å². The van der Waals surface area contributed by atoms with E-state index in [-0.39, 0.29) is 20.5 Å². The van der Waals surface area contributed by atoms with Gasteiger partial charge in [-0.3, -0.25) is 9.44 Å². The third-order valence-electron chi connectivity index (χ3n) is 4.24. The highest BCUT2D eigenvalue weighted by atomic mass is 35.5. The predicted molar refractivity (Wildman–Crippen MR) is 115 cm³/mol. The Labute approximate surface area is 179 Å². The molecule has 3 aromatic carbocycles. The van der Waals surface area contributed by atoms with Crippen molar-refractivity contribution in [3.05, 3.63) is 82.6 Å².